The summed E-state index contributed by atoms with van der Waals surface area (Å²) in [6.45, 7) is 14.7. The molecule has 0 spiro atoms. The first-order valence-corrected chi connectivity index (χ1v) is 12.7. The Morgan fingerprint density at radius 3 is 2.25 bits per heavy atom. The predicted molar refractivity (Wildman–Crippen MR) is 138 cm³/mol. The smallest absolute Gasteiger partial charge is 0.408 e. The summed E-state index contributed by atoms with van der Waals surface area (Å²) in [5.74, 6) is -2.56. The third-order valence-corrected chi connectivity index (χ3v) is 6.01. The van der Waals surface area contributed by atoms with Crippen molar-refractivity contribution < 1.29 is 34.1 Å². The predicted octanol–water partition coefficient (Wildman–Crippen LogP) is 5.03. The molecule has 1 rings (SSSR count). The second kappa shape index (κ2) is 13.0. The van der Waals surface area contributed by atoms with E-state index in [1.807, 2.05) is 13.8 Å². The average Bonchev–Trinajstić information content (AvgIpc) is 2.67. The highest BCUT2D eigenvalue weighted by Gasteiger charge is 2.34. The molecule has 2 atom stereocenters. The van der Waals surface area contributed by atoms with Crippen LogP contribution in [0.3, 0.4) is 0 Å². The second-order valence-corrected chi connectivity index (χ2v) is 11.8. The summed E-state index contributed by atoms with van der Waals surface area (Å²) in [6, 6.07) is -0.840. The van der Waals surface area contributed by atoms with Gasteiger partial charge in [-0.25, -0.2) is 4.79 Å². The van der Waals surface area contributed by atoms with E-state index in [4.69, 9.17) is 4.74 Å². The number of carboxylic acids is 1. The van der Waals surface area contributed by atoms with Gasteiger partial charge in [-0.05, 0) is 51.9 Å². The monoisotopic (exact) mass is 508 g/mol. The Kier molecular flexibility index (Phi) is 11.3. The molecule has 0 bridgehead atoms. The van der Waals surface area contributed by atoms with Gasteiger partial charge < -0.3 is 20.3 Å². The van der Waals surface area contributed by atoms with E-state index in [0.29, 0.717) is 43.5 Å². The lowest BCUT2D eigenvalue weighted by Crippen LogP contribution is -2.47. The lowest BCUT2D eigenvalue weighted by Gasteiger charge is -2.29. The molecule has 1 amide bonds. The van der Waals surface area contributed by atoms with Gasteiger partial charge in [-0.15, -0.1) is 0 Å². The van der Waals surface area contributed by atoms with Gasteiger partial charge in [-0.2, -0.15) is 0 Å². The van der Waals surface area contributed by atoms with Crippen molar-refractivity contribution in [1.29, 1.82) is 0 Å². The number of allylic oxidation sites excluding steroid dienone is 2. The number of amides is 1. The number of carbonyl (C=O) groups excluding carboxylic acids is 3. The lowest BCUT2D eigenvalue weighted by molar-refractivity contribution is -0.144. The van der Waals surface area contributed by atoms with Crippen LogP contribution in [0.15, 0.2) is 16.3 Å². The topological polar surface area (TPSA) is 142 Å². The van der Waals surface area contributed by atoms with E-state index in [1.54, 1.807) is 41.5 Å². The Hall–Kier alpha value is -2.71. The molecule has 36 heavy (non-hydrogen) atoms. The molecular weight excluding hydrogens is 464 g/mol. The van der Waals surface area contributed by atoms with Gasteiger partial charge in [0.1, 0.15) is 11.4 Å². The van der Waals surface area contributed by atoms with Crippen LogP contribution in [0.25, 0.3) is 0 Å². The molecule has 0 radical (unpaired) electrons. The van der Waals surface area contributed by atoms with Gasteiger partial charge >= 0.3 is 12.1 Å². The molecule has 0 unspecified atom stereocenters. The second-order valence-electron chi connectivity index (χ2n) is 11.8. The van der Waals surface area contributed by atoms with Crippen molar-refractivity contribution in [2.24, 2.45) is 22.2 Å². The number of aliphatic hydroxyl groups excluding tert-OH is 1. The molecule has 0 aromatic carbocycles. The number of unbranched alkanes of at least 4 members (excludes halogenated alkanes) is 1. The van der Waals surface area contributed by atoms with Crippen molar-refractivity contribution in [3.63, 3.8) is 0 Å². The van der Waals surface area contributed by atoms with Gasteiger partial charge in [-0.3, -0.25) is 19.4 Å². The number of ether oxygens (including phenoxy) is 1. The van der Waals surface area contributed by atoms with Crippen molar-refractivity contribution in [3.8, 4) is 0 Å². The Balaban J connectivity index is 2.67. The van der Waals surface area contributed by atoms with Crippen molar-refractivity contribution in [2.75, 3.05) is 6.54 Å². The first-order chi connectivity index (χ1) is 16.4. The number of Topliss-reactive ketones (excluding diaryl/α,β-unsaturated/α-hetero) is 2. The molecule has 0 aliphatic heterocycles. The normalized spacial score (nSPS) is 18.1. The molecule has 204 valence electrons. The quantitative estimate of drug-likeness (QED) is 0.248. The number of aliphatic carboxylic acids is 1. The number of nitrogens with one attached hydrogen (secondary N) is 1. The number of hydrogen-bond acceptors (Lipinski definition) is 7. The fourth-order valence-corrected chi connectivity index (χ4v) is 4.26. The van der Waals surface area contributed by atoms with Crippen LogP contribution in [0.5, 0.6) is 0 Å². The van der Waals surface area contributed by atoms with Crippen molar-refractivity contribution in [3.05, 3.63) is 11.3 Å². The van der Waals surface area contributed by atoms with Gasteiger partial charge in [0.2, 0.25) is 0 Å². The first kappa shape index (κ1) is 31.3. The van der Waals surface area contributed by atoms with Crippen molar-refractivity contribution >= 4 is 29.3 Å². The van der Waals surface area contributed by atoms with Crippen LogP contribution in [0.4, 0.5) is 4.79 Å². The highest BCUT2D eigenvalue weighted by Crippen LogP contribution is 2.36. The van der Waals surface area contributed by atoms with Gasteiger partial charge in [0.25, 0.3) is 0 Å². The molecule has 0 heterocycles. The zero-order valence-electron chi connectivity index (χ0n) is 23.1. The molecule has 9 heteroatoms. The largest absolute Gasteiger partial charge is 0.511 e. The summed E-state index contributed by atoms with van der Waals surface area (Å²) in [5.41, 5.74) is -0.202. The van der Waals surface area contributed by atoms with Gasteiger partial charge in [0, 0.05) is 31.5 Å². The molecular formula is C27H44N2O7. The van der Waals surface area contributed by atoms with E-state index in [-0.39, 0.29) is 41.5 Å². The van der Waals surface area contributed by atoms with Crippen LogP contribution < -0.4 is 5.32 Å². The molecule has 0 saturated carbocycles. The minimum absolute atomic E-state index is 0.0710. The fraction of sp³-hybridized carbons (Fsp3) is 0.741. The molecule has 3 N–H and O–H groups in total. The van der Waals surface area contributed by atoms with Crippen LogP contribution in [0.1, 0.15) is 93.9 Å². The maximum atomic E-state index is 12.8. The highest BCUT2D eigenvalue weighted by molar-refractivity contribution is 6.22. The summed E-state index contributed by atoms with van der Waals surface area (Å²) in [7, 11) is 0. The minimum atomic E-state index is -1.06. The summed E-state index contributed by atoms with van der Waals surface area (Å²) in [5, 5.41) is 22.5. The molecule has 0 saturated heterocycles. The zero-order valence-corrected chi connectivity index (χ0v) is 23.1. The summed E-state index contributed by atoms with van der Waals surface area (Å²) >= 11 is 0. The average molecular weight is 509 g/mol. The fourth-order valence-electron chi connectivity index (χ4n) is 4.26. The number of carboxylic acid groups (broad SMARTS) is 1. The van der Waals surface area contributed by atoms with Gasteiger partial charge in [0.05, 0.1) is 17.5 Å². The minimum Gasteiger partial charge on any atom is -0.511 e. The zero-order chi connectivity index (χ0) is 27.8. The van der Waals surface area contributed by atoms with Crippen LogP contribution in [0.2, 0.25) is 0 Å². The molecule has 0 aromatic rings. The SMILES string of the molecule is CC(=NCCCC[C@H](CC(=O)[C@@H](NC(=O)OC(C)(C)C)C(C)C)C(=O)O)C1=C(O)CC(C)(C)CC1=O. The number of alkyl carbamates (subject to hydrolysis) is 1. The molecule has 0 aromatic heterocycles. The number of aliphatic hydroxyl groups is 1. The molecule has 1 aliphatic carbocycles. The van der Waals surface area contributed by atoms with E-state index in [1.165, 1.54) is 0 Å². The van der Waals surface area contributed by atoms with Crippen LogP contribution in [0, 0.1) is 17.3 Å². The van der Waals surface area contributed by atoms with E-state index in [0.717, 1.165) is 0 Å². The Bertz CT molecular complexity index is 894. The van der Waals surface area contributed by atoms with Gasteiger partial charge in [-0.1, -0.05) is 34.1 Å². The molecule has 0 fully saturated rings. The summed E-state index contributed by atoms with van der Waals surface area (Å²) in [4.78, 5) is 53.6. The van der Waals surface area contributed by atoms with E-state index < -0.39 is 29.6 Å². The van der Waals surface area contributed by atoms with Crippen molar-refractivity contribution in [2.45, 2.75) is 106 Å². The summed E-state index contributed by atoms with van der Waals surface area (Å²) in [6.07, 6.45) is 1.26. The van der Waals surface area contributed by atoms with E-state index in [2.05, 4.69) is 10.3 Å². The number of rotatable bonds is 12. The maximum absolute atomic E-state index is 12.8. The first-order valence-electron chi connectivity index (χ1n) is 12.7. The number of carbonyl (C=O) groups is 4. The Morgan fingerprint density at radius 1 is 1.14 bits per heavy atom. The maximum Gasteiger partial charge on any atom is 0.408 e. The van der Waals surface area contributed by atoms with E-state index >= 15 is 0 Å². The number of ketones is 2. The number of nitrogens with zero attached hydrogens (tertiary/aromatic N) is 1. The number of hydrogen-bond donors (Lipinski definition) is 3. The molecule has 1 aliphatic rings. The lowest BCUT2D eigenvalue weighted by atomic mass is 9.76. The standard InChI is InChI=1S/C27H44N2O7/c1-16(2)23(29-25(35)36-26(4,5)6)19(30)13-18(24(33)34)11-9-10-12-28-17(3)22-20(31)14-27(7,8)15-21(22)32/h16,18,23,31H,9-15H2,1-8H3,(H,29,35)(H,33,34)/t18-,23+/m1/s1. The third-order valence-electron chi connectivity index (χ3n) is 6.01. The van der Waals surface area contributed by atoms with Gasteiger partial charge in [0.15, 0.2) is 11.6 Å². The van der Waals surface area contributed by atoms with Crippen LogP contribution in [-0.4, -0.2) is 57.7 Å². The van der Waals surface area contributed by atoms with Crippen molar-refractivity contribution in [1.82, 2.24) is 5.32 Å². The van der Waals surface area contributed by atoms with Crippen LogP contribution in [-0.2, 0) is 19.1 Å². The Labute approximate surface area is 214 Å². The molecule has 9 nitrogen and oxygen atoms in total. The van der Waals surface area contributed by atoms with Crippen LogP contribution >= 0.6 is 0 Å². The summed E-state index contributed by atoms with van der Waals surface area (Å²) < 4.78 is 5.23. The highest BCUT2D eigenvalue weighted by atomic mass is 16.6. The Morgan fingerprint density at radius 2 is 1.75 bits per heavy atom. The van der Waals surface area contributed by atoms with E-state index in [9.17, 15) is 29.4 Å². The number of aliphatic imine (C=N–C) groups is 1. The third kappa shape index (κ3) is 10.5.